The van der Waals surface area contributed by atoms with Crippen LogP contribution in [0.25, 0.3) is 32.8 Å². The maximum absolute atomic E-state index is 14.3. The fourth-order valence-electron chi connectivity index (χ4n) is 3.76. The van der Waals surface area contributed by atoms with E-state index in [1.54, 1.807) is 16.5 Å². The second kappa shape index (κ2) is 7.61. The molecule has 33 heavy (non-hydrogen) atoms. The predicted molar refractivity (Wildman–Crippen MR) is 127 cm³/mol. The van der Waals surface area contributed by atoms with Gasteiger partial charge < -0.3 is 4.74 Å². The van der Waals surface area contributed by atoms with Crippen molar-refractivity contribution in [2.24, 2.45) is 0 Å². The number of rotatable bonds is 3. The first-order chi connectivity index (χ1) is 16.1. The zero-order valence-electron chi connectivity index (χ0n) is 16.7. The Morgan fingerprint density at radius 2 is 1.85 bits per heavy atom. The van der Waals surface area contributed by atoms with Crippen LogP contribution in [0.2, 0.25) is 5.28 Å². The summed E-state index contributed by atoms with van der Waals surface area (Å²) in [5, 5.41) is 1.65. The lowest BCUT2D eigenvalue weighted by molar-refractivity contribution is 0.419. The first-order valence-electron chi connectivity index (χ1n) is 9.88. The average Bonchev–Trinajstić information content (AvgIpc) is 3.33. The molecule has 3 aromatic carbocycles. The standard InChI is InChI=1S/C24H12ClFN4O2S/c25-23-27-12-16(26)21(29-23)32-19-10-9-13-5-1-2-6-14(13)15(19)11-20-22(31)30-18-8-4-3-7-17(18)28-24(30)33-20/h1-12H/b20-11+. The second-order valence-corrected chi connectivity index (χ2v) is 8.57. The molecular weight excluding hydrogens is 463 g/mol. The zero-order valence-corrected chi connectivity index (χ0v) is 18.3. The Kier molecular flexibility index (Phi) is 4.56. The van der Waals surface area contributed by atoms with Crippen molar-refractivity contribution in [3.63, 3.8) is 0 Å². The number of ether oxygens (including phenoxy) is 1. The van der Waals surface area contributed by atoms with Crippen LogP contribution in [-0.2, 0) is 0 Å². The lowest BCUT2D eigenvalue weighted by Crippen LogP contribution is -2.22. The van der Waals surface area contributed by atoms with E-state index < -0.39 is 5.82 Å². The minimum absolute atomic E-state index is 0.133. The minimum Gasteiger partial charge on any atom is -0.436 e. The lowest BCUT2D eigenvalue weighted by Gasteiger charge is -2.11. The fraction of sp³-hybridized carbons (Fsp3) is 0. The molecule has 0 spiro atoms. The molecule has 6 nitrogen and oxygen atoms in total. The van der Waals surface area contributed by atoms with Gasteiger partial charge in [-0.2, -0.15) is 9.37 Å². The molecule has 0 unspecified atom stereocenters. The molecule has 0 saturated carbocycles. The Bertz CT molecular complexity index is 1820. The first kappa shape index (κ1) is 19.8. The third-order valence-corrected chi connectivity index (χ3v) is 6.39. The van der Waals surface area contributed by atoms with Crippen LogP contribution in [0, 0.1) is 5.82 Å². The number of thiazole rings is 1. The molecule has 6 rings (SSSR count). The molecule has 160 valence electrons. The fourth-order valence-corrected chi connectivity index (χ4v) is 4.86. The van der Waals surface area contributed by atoms with Crippen molar-refractivity contribution in [3.8, 4) is 11.6 Å². The minimum atomic E-state index is -0.746. The van der Waals surface area contributed by atoms with Gasteiger partial charge in [-0.15, -0.1) is 0 Å². The molecule has 0 amide bonds. The lowest BCUT2D eigenvalue weighted by atomic mass is 10.0. The normalized spacial score (nSPS) is 12.2. The molecule has 0 atom stereocenters. The summed E-state index contributed by atoms with van der Waals surface area (Å²) in [6.45, 7) is 0. The number of hydrogen-bond acceptors (Lipinski definition) is 6. The van der Waals surface area contributed by atoms with Gasteiger partial charge in [-0.3, -0.25) is 4.79 Å². The molecular formula is C24H12ClFN4O2S. The summed E-state index contributed by atoms with van der Waals surface area (Å²) in [7, 11) is 0. The summed E-state index contributed by atoms with van der Waals surface area (Å²) in [6, 6.07) is 18.7. The molecule has 0 N–H and O–H groups in total. The van der Waals surface area contributed by atoms with Gasteiger partial charge in [0.25, 0.3) is 11.4 Å². The van der Waals surface area contributed by atoms with Gasteiger partial charge in [0.05, 0.1) is 21.8 Å². The summed E-state index contributed by atoms with van der Waals surface area (Å²) < 4.78 is 22.1. The predicted octanol–water partition coefficient (Wildman–Crippen LogP) is 4.98. The molecule has 0 saturated heterocycles. The van der Waals surface area contributed by atoms with Gasteiger partial charge in [0.2, 0.25) is 11.1 Å². The Balaban J connectivity index is 1.61. The molecule has 6 aromatic rings. The van der Waals surface area contributed by atoms with Crippen molar-refractivity contribution in [2.45, 2.75) is 0 Å². The maximum Gasteiger partial charge on any atom is 0.274 e. The van der Waals surface area contributed by atoms with E-state index in [4.69, 9.17) is 16.3 Å². The topological polar surface area (TPSA) is 69.4 Å². The van der Waals surface area contributed by atoms with Gasteiger partial charge >= 0.3 is 0 Å². The zero-order chi connectivity index (χ0) is 22.5. The highest BCUT2D eigenvalue weighted by Crippen LogP contribution is 2.33. The summed E-state index contributed by atoms with van der Waals surface area (Å²) in [5.74, 6) is -0.712. The van der Waals surface area contributed by atoms with Crippen molar-refractivity contribution in [2.75, 3.05) is 0 Å². The van der Waals surface area contributed by atoms with Gasteiger partial charge in [0.15, 0.2) is 4.96 Å². The summed E-state index contributed by atoms with van der Waals surface area (Å²) in [5.41, 5.74) is 1.95. The van der Waals surface area contributed by atoms with Gasteiger partial charge in [-0.25, -0.2) is 14.4 Å². The van der Waals surface area contributed by atoms with Crippen molar-refractivity contribution >= 4 is 55.8 Å². The van der Waals surface area contributed by atoms with E-state index in [1.807, 2.05) is 54.6 Å². The Morgan fingerprint density at radius 1 is 1.03 bits per heavy atom. The molecule has 0 aliphatic heterocycles. The number of benzene rings is 3. The average molecular weight is 475 g/mol. The largest absolute Gasteiger partial charge is 0.436 e. The van der Waals surface area contributed by atoms with E-state index >= 15 is 0 Å². The Hall–Kier alpha value is -3.88. The molecule has 3 aromatic heterocycles. The van der Waals surface area contributed by atoms with Gasteiger partial charge in [0.1, 0.15) is 5.75 Å². The van der Waals surface area contributed by atoms with Crippen LogP contribution in [0.4, 0.5) is 4.39 Å². The smallest absolute Gasteiger partial charge is 0.274 e. The molecule has 0 bridgehead atoms. The number of fused-ring (bicyclic) bond motifs is 4. The van der Waals surface area contributed by atoms with Gasteiger partial charge in [-0.05, 0) is 46.6 Å². The summed E-state index contributed by atoms with van der Waals surface area (Å²) in [4.78, 5) is 25.9. The second-order valence-electron chi connectivity index (χ2n) is 7.23. The van der Waals surface area contributed by atoms with E-state index in [0.29, 0.717) is 20.8 Å². The van der Waals surface area contributed by atoms with Gasteiger partial charge in [-0.1, -0.05) is 53.8 Å². The number of hydrogen-bond donors (Lipinski definition) is 0. The third-order valence-electron chi connectivity index (χ3n) is 5.24. The van der Waals surface area contributed by atoms with Crippen LogP contribution >= 0.6 is 22.9 Å². The Labute approximate surface area is 194 Å². The van der Waals surface area contributed by atoms with Crippen LogP contribution < -0.4 is 14.8 Å². The number of imidazole rings is 1. The van der Waals surface area contributed by atoms with E-state index in [2.05, 4.69) is 15.0 Å². The molecule has 9 heteroatoms. The highest BCUT2D eigenvalue weighted by atomic mass is 35.5. The van der Waals surface area contributed by atoms with Crippen LogP contribution in [0.1, 0.15) is 5.56 Å². The van der Waals surface area contributed by atoms with Crippen LogP contribution in [0.5, 0.6) is 11.6 Å². The van der Waals surface area contributed by atoms with Crippen molar-refractivity contribution in [3.05, 3.63) is 98.4 Å². The number of nitrogens with zero attached hydrogens (tertiary/aromatic N) is 4. The SMILES string of the molecule is O=c1/c(=C\c2c(Oc3nc(Cl)ncc3F)ccc3ccccc23)sc2nc3ccccc3n12. The summed E-state index contributed by atoms with van der Waals surface area (Å²) in [6.07, 6.45) is 2.69. The first-order valence-corrected chi connectivity index (χ1v) is 11.1. The summed E-state index contributed by atoms with van der Waals surface area (Å²) >= 11 is 7.10. The van der Waals surface area contributed by atoms with Gasteiger partial charge in [0, 0.05) is 5.56 Å². The maximum atomic E-state index is 14.3. The number of para-hydroxylation sites is 2. The quantitative estimate of drug-likeness (QED) is 0.338. The van der Waals surface area contributed by atoms with E-state index in [1.165, 1.54) is 11.3 Å². The van der Waals surface area contributed by atoms with E-state index in [0.717, 1.165) is 28.0 Å². The van der Waals surface area contributed by atoms with Crippen LogP contribution in [-0.4, -0.2) is 19.4 Å². The van der Waals surface area contributed by atoms with Crippen LogP contribution in [0.15, 0.2) is 71.7 Å². The van der Waals surface area contributed by atoms with Crippen molar-refractivity contribution in [1.29, 1.82) is 0 Å². The molecule has 0 aliphatic rings. The third kappa shape index (κ3) is 3.31. The highest BCUT2D eigenvalue weighted by Gasteiger charge is 2.15. The molecule has 3 heterocycles. The Morgan fingerprint density at radius 3 is 2.76 bits per heavy atom. The monoisotopic (exact) mass is 474 g/mol. The molecule has 0 aliphatic carbocycles. The highest BCUT2D eigenvalue weighted by molar-refractivity contribution is 7.15. The van der Waals surface area contributed by atoms with E-state index in [-0.39, 0.29) is 16.7 Å². The van der Waals surface area contributed by atoms with E-state index in [9.17, 15) is 9.18 Å². The number of aromatic nitrogens is 4. The molecule has 0 fully saturated rings. The van der Waals surface area contributed by atoms with Crippen molar-refractivity contribution < 1.29 is 9.13 Å². The number of halogens is 2. The van der Waals surface area contributed by atoms with Crippen molar-refractivity contribution in [1.82, 2.24) is 19.4 Å². The van der Waals surface area contributed by atoms with Crippen LogP contribution in [0.3, 0.4) is 0 Å². The molecule has 0 radical (unpaired) electrons.